The fraction of sp³-hybridized carbons (Fsp3) is 0.364. The summed E-state index contributed by atoms with van der Waals surface area (Å²) in [5, 5.41) is 12.0. The molecule has 2 aromatic carbocycles. The molecular formula is C22H26N2O4. The van der Waals surface area contributed by atoms with Crippen LogP contribution in [0.1, 0.15) is 30.6 Å². The van der Waals surface area contributed by atoms with Crippen LogP contribution in [0.4, 0.5) is 0 Å². The summed E-state index contributed by atoms with van der Waals surface area (Å²) in [6.07, 6.45) is 0.335. The molecule has 0 unspecified atom stereocenters. The molecule has 2 amide bonds. The maximum atomic E-state index is 12.9. The van der Waals surface area contributed by atoms with Crippen molar-refractivity contribution in [3.05, 3.63) is 54.1 Å². The first-order valence-corrected chi connectivity index (χ1v) is 9.56. The van der Waals surface area contributed by atoms with Crippen molar-refractivity contribution in [3.63, 3.8) is 0 Å². The maximum absolute atomic E-state index is 12.9. The molecule has 0 aromatic heterocycles. The second-order valence-corrected chi connectivity index (χ2v) is 7.09. The van der Waals surface area contributed by atoms with E-state index in [0.29, 0.717) is 18.7 Å². The van der Waals surface area contributed by atoms with Gasteiger partial charge in [0.2, 0.25) is 5.91 Å². The van der Waals surface area contributed by atoms with E-state index in [9.17, 15) is 14.7 Å². The summed E-state index contributed by atoms with van der Waals surface area (Å²) in [6.45, 7) is 4.68. The number of aliphatic hydroxyl groups excluding tert-OH is 1. The monoisotopic (exact) mass is 382 g/mol. The number of hydrogen-bond donors (Lipinski definition) is 2. The molecule has 1 heterocycles. The first-order valence-electron chi connectivity index (χ1n) is 9.56. The fourth-order valence-electron chi connectivity index (χ4n) is 3.36. The van der Waals surface area contributed by atoms with E-state index in [2.05, 4.69) is 5.32 Å². The van der Waals surface area contributed by atoms with Gasteiger partial charge in [-0.25, -0.2) is 0 Å². The second-order valence-electron chi connectivity index (χ2n) is 7.09. The van der Waals surface area contributed by atoms with Crippen LogP contribution in [0.15, 0.2) is 48.5 Å². The maximum Gasteiger partial charge on any atom is 0.254 e. The number of nitrogens with one attached hydrogen (secondary N) is 1. The van der Waals surface area contributed by atoms with Gasteiger partial charge in [0.1, 0.15) is 11.8 Å². The van der Waals surface area contributed by atoms with E-state index in [1.807, 2.05) is 50.2 Å². The summed E-state index contributed by atoms with van der Waals surface area (Å²) in [5.41, 5.74) is 2.51. The lowest BCUT2D eigenvalue weighted by atomic mass is 10.0. The van der Waals surface area contributed by atoms with Gasteiger partial charge >= 0.3 is 0 Å². The zero-order valence-corrected chi connectivity index (χ0v) is 16.2. The van der Waals surface area contributed by atoms with E-state index < -0.39 is 6.04 Å². The normalized spacial score (nSPS) is 16.8. The summed E-state index contributed by atoms with van der Waals surface area (Å²) in [6, 6.07) is 14.5. The van der Waals surface area contributed by atoms with Gasteiger partial charge in [0.05, 0.1) is 6.10 Å². The number of piperazine rings is 1. The lowest BCUT2D eigenvalue weighted by Crippen LogP contribution is -2.57. The van der Waals surface area contributed by atoms with E-state index in [1.165, 1.54) is 0 Å². The van der Waals surface area contributed by atoms with Crippen LogP contribution in [0.25, 0.3) is 11.1 Å². The van der Waals surface area contributed by atoms with Crippen LogP contribution in [0, 0.1) is 0 Å². The molecule has 0 aliphatic carbocycles. The SMILES string of the molecule is CC(C)Oc1cccc(-c2ccc(C(=O)N3CCNC(=O)[C@H]3CCO)cc2)c1. The fourth-order valence-corrected chi connectivity index (χ4v) is 3.36. The number of aliphatic hydroxyl groups is 1. The van der Waals surface area contributed by atoms with Gasteiger partial charge in [0.15, 0.2) is 0 Å². The van der Waals surface area contributed by atoms with E-state index >= 15 is 0 Å². The summed E-state index contributed by atoms with van der Waals surface area (Å²) >= 11 is 0. The van der Waals surface area contributed by atoms with Crippen molar-refractivity contribution in [2.75, 3.05) is 19.7 Å². The zero-order chi connectivity index (χ0) is 20.1. The van der Waals surface area contributed by atoms with E-state index in [0.717, 1.165) is 16.9 Å². The van der Waals surface area contributed by atoms with E-state index in [1.54, 1.807) is 17.0 Å². The number of carbonyl (C=O) groups is 2. The molecule has 6 heteroatoms. The van der Waals surface area contributed by atoms with Gasteiger partial charge in [0, 0.05) is 25.3 Å². The average Bonchev–Trinajstić information content (AvgIpc) is 2.69. The topological polar surface area (TPSA) is 78.9 Å². The zero-order valence-electron chi connectivity index (χ0n) is 16.2. The molecule has 0 radical (unpaired) electrons. The minimum Gasteiger partial charge on any atom is -0.491 e. The Labute approximate surface area is 165 Å². The van der Waals surface area contributed by atoms with Crippen molar-refractivity contribution in [3.8, 4) is 16.9 Å². The molecule has 2 N–H and O–H groups in total. The van der Waals surface area contributed by atoms with Crippen molar-refractivity contribution in [2.45, 2.75) is 32.4 Å². The minimum atomic E-state index is -0.629. The van der Waals surface area contributed by atoms with Gasteiger partial charge < -0.3 is 20.1 Å². The van der Waals surface area contributed by atoms with Crippen molar-refractivity contribution in [1.29, 1.82) is 0 Å². The van der Waals surface area contributed by atoms with Crippen molar-refractivity contribution in [1.82, 2.24) is 10.2 Å². The van der Waals surface area contributed by atoms with Crippen LogP contribution < -0.4 is 10.1 Å². The molecule has 28 heavy (non-hydrogen) atoms. The number of benzene rings is 2. The Balaban J connectivity index is 1.78. The van der Waals surface area contributed by atoms with Crippen LogP contribution in [-0.2, 0) is 4.79 Å². The molecule has 148 valence electrons. The first kappa shape index (κ1) is 19.9. The second kappa shape index (κ2) is 8.89. The highest BCUT2D eigenvalue weighted by Gasteiger charge is 2.32. The largest absolute Gasteiger partial charge is 0.491 e. The van der Waals surface area contributed by atoms with Crippen LogP contribution in [0.2, 0.25) is 0 Å². The molecule has 1 atom stereocenters. The lowest BCUT2D eigenvalue weighted by molar-refractivity contribution is -0.128. The lowest BCUT2D eigenvalue weighted by Gasteiger charge is -2.34. The summed E-state index contributed by atoms with van der Waals surface area (Å²) < 4.78 is 5.74. The third kappa shape index (κ3) is 4.51. The Morgan fingerprint density at radius 1 is 1.21 bits per heavy atom. The Morgan fingerprint density at radius 3 is 2.64 bits per heavy atom. The molecule has 6 nitrogen and oxygen atoms in total. The molecule has 0 saturated carbocycles. The van der Waals surface area contributed by atoms with Crippen LogP contribution >= 0.6 is 0 Å². The number of nitrogens with zero attached hydrogens (tertiary/aromatic N) is 1. The molecule has 2 aromatic rings. The Morgan fingerprint density at radius 2 is 1.96 bits per heavy atom. The van der Waals surface area contributed by atoms with Gasteiger partial charge in [-0.3, -0.25) is 9.59 Å². The highest BCUT2D eigenvalue weighted by Crippen LogP contribution is 2.25. The molecule has 0 bridgehead atoms. The Hall–Kier alpha value is -2.86. The Kier molecular flexibility index (Phi) is 6.31. The van der Waals surface area contributed by atoms with Gasteiger partial charge in [-0.15, -0.1) is 0 Å². The van der Waals surface area contributed by atoms with E-state index in [-0.39, 0.29) is 30.9 Å². The van der Waals surface area contributed by atoms with Gasteiger partial charge in [-0.2, -0.15) is 0 Å². The summed E-state index contributed by atoms with van der Waals surface area (Å²) in [4.78, 5) is 26.5. The molecule has 1 aliphatic heterocycles. The third-order valence-corrected chi connectivity index (χ3v) is 4.67. The Bertz CT molecular complexity index is 833. The van der Waals surface area contributed by atoms with Gasteiger partial charge in [-0.05, 0) is 55.7 Å². The number of amides is 2. The highest BCUT2D eigenvalue weighted by molar-refractivity contribution is 5.98. The van der Waals surface area contributed by atoms with Crippen molar-refractivity contribution in [2.24, 2.45) is 0 Å². The quantitative estimate of drug-likeness (QED) is 0.804. The van der Waals surface area contributed by atoms with Crippen LogP contribution in [-0.4, -0.2) is 53.7 Å². The number of carbonyl (C=O) groups excluding carboxylic acids is 2. The number of rotatable bonds is 6. The van der Waals surface area contributed by atoms with Crippen molar-refractivity contribution < 1.29 is 19.4 Å². The first-order chi connectivity index (χ1) is 13.5. The van der Waals surface area contributed by atoms with Crippen molar-refractivity contribution >= 4 is 11.8 Å². The predicted octanol–water partition coefficient (Wildman–Crippen LogP) is 2.46. The average molecular weight is 382 g/mol. The standard InChI is InChI=1S/C22H26N2O4/c1-15(2)28-19-5-3-4-18(14-19)16-6-8-17(9-7-16)22(27)24-12-11-23-21(26)20(24)10-13-25/h3-9,14-15,20,25H,10-13H2,1-2H3,(H,23,26)/t20-/m1/s1. The van der Waals surface area contributed by atoms with E-state index in [4.69, 9.17) is 4.74 Å². The number of hydrogen-bond acceptors (Lipinski definition) is 4. The molecule has 3 rings (SSSR count). The number of ether oxygens (including phenoxy) is 1. The molecule has 0 spiro atoms. The van der Waals surface area contributed by atoms with Gasteiger partial charge in [0.25, 0.3) is 5.91 Å². The van der Waals surface area contributed by atoms with Gasteiger partial charge in [-0.1, -0.05) is 24.3 Å². The minimum absolute atomic E-state index is 0.101. The molecular weight excluding hydrogens is 356 g/mol. The highest BCUT2D eigenvalue weighted by atomic mass is 16.5. The molecule has 1 aliphatic rings. The predicted molar refractivity (Wildman–Crippen MR) is 107 cm³/mol. The smallest absolute Gasteiger partial charge is 0.254 e. The van der Waals surface area contributed by atoms with Crippen LogP contribution in [0.3, 0.4) is 0 Å². The molecule has 1 saturated heterocycles. The summed E-state index contributed by atoms with van der Waals surface area (Å²) in [5.74, 6) is 0.391. The third-order valence-electron chi connectivity index (χ3n) is 4.67. The molecule has 1 fully saturated rings. The van der Waals surface area contributed by atoms with Crippen LogP contribution in [0.5, 0.6) is 5.75 Å². The summed E-state index contributed by atoms with van der Waals surface area (Å²) in [7, 11) is 0.